The summed E-state index contributed by atoms with van der Waals surface area (Å²) in [6.45, 7) is 2.10. The summed E-state index contributed by atoms with van der Waals surface area (Å²) in [5.74, 6) is -0.0320. The van der Waals surface area contributed by atoms with Crippen LogP contribution < -0.4 is 0 Å². The molecule has 4 nitrogen and oxygen atoms in total. The van der Waals surface area contributed by atoms with Crippen LogP contribution in [0.4, 0.5) is 0 Å². The van der Waals surface area contributed by atoms with Crippen molar-refractivity contribution in [2.24, 2.45) is 0 Å². The van der Waals surface area contributed by atoms with E-state index in [-0.39, 0.29) is 12.3 Å². The highest BCUT2D eigenvalue weighted by molar-refractivity contribution is 9.12. The minimum atomic E-state index is -3.74. The highest BCUT2D eigenvalue weighted by Crippen LogP contribution is 2.44. The van der Waals surface area contributed by atoms with Crippen LogP contribution in [0, 0.1) is 0 Å². The molecule has 0 saturated heterocycles. The lowest BCUT2D eigenvalue weighted by atomic mass is 10.0. The predicted molar refractivity (Wildman–Crippen MR) is 69.2 cm³/mol. The first-order chi connectivity index (χ1) is 7.74. The highest BCUT2D eigenvalue weighted by atomic mass is 79.9. The third-order valence-corrected chi connectivity index (χ3v) is 7.32. The van der Waals surface area contributed by atoms with E-state index in [1.54, 1.807) is 11.0 Å². The molecule has 0 bridgehead atoms. The Balaban J connectivity index is 2.35. The second-order valence-corrected chi connectivity index (χ2v) is 8.91. The number of hydrogen-bond acceptors (Lipinski definition) is 3. The van der Waals surface area contributed by atoms with Gasteiger partial charge in [-0.3, -0.25) is 4.79 Å². The Bertz CT molecular complexity index is 540. The number of halogens is 2. The minimum absolute atomic E-state index is 0.0320. The summed E-state index contributed by atoms with van der Waals surface area (Å²) in [6, 6.07) is 0. The van der Waals surface area contributed by atoms with E-state index in [9.17, 15) is 13.2 Å². The van der Waals surface area contributed by atoms with E-state index in [4.69, 9.17) is 10.7 Å². The second kappa shape index (κ2) is 4.10. The first-order valence-corrected chi connectivity index (χ1v) is 8.17. The Morgan fingerprint density at radius 2 is 2.24 bits per heavy atom. The van der Waals surface area contributed by atoms with Gasteiger partial charge < -0.3 is 4.90 Å². The van der Waals surface area contributed by atoms with Gasteiger partial charge in [0.25, 0.3) is 9.05 Å². The molecule has 1 unspecified atom stereocenters. The minimum Gasteiger partial charge on any atom is -0.312 e. The summed E-state index contributed by atoms with van der Waals surface area (Å²) in [5, 5.41) is 0. The van der Waals surface area contributed by atoms with Crippen molar-refractivity contribution < 1.29 is 13.2 Å². The van der Waals surface area contributed by atoms with Crippen LogP contribution in [0.15, 0.2) is 23.4 Å². The van der Waals surface area contributed by atoms with Gasteiger partial charge in [0.15, 0.2) is 3.66 Å². The molecule has 0 aromatic heterocycles. The molecule has 1 aliphatic carbocycles. The van der Waals surface area contributed by atoms with E-state index >= 15 is 0 Å². The van der Waals surface area contributed by atoms with Gasteiger partial charge in [-0.05, 0) is 24.1 Å². The van der Waals surface area contributed by atoms with Crippen molar-refractivity contribution in [3.8, 4) is 0 Å². The number of hydrogen-bond donors (Lipinski definition) is 0. The van der Waals surface area contributed by atoms with Crippen molar-refractivity contribution in [2.75, 3.05) is 6.54 Å². The number of rotatable bonds is 1. The SMILES string of the molecule is CC(=O)N1CCC2=C1C=CC(Br)(S(=O)(=O)Cl)C2. The molecule has 94 valence electrons. The maximum atomic E-state index is 11.5. The number of carbonyl (C=O) groups is 1. The monoisotopic (exact) mass is 339 g/mol. The van der Waals surface area contributed by atoms with E-state index in [2.05, 4.69) is 15.9 Å². The lowest BCUT2D eigenvalue weighted by molar-refractivity contribution is -0.126. The molecule has 1 heterocycles. The van der Waals surface area contributed by atoms with Crippen molar-refractivity contribution in [3.05, 3.63) is 23.4 Å². The normalized spacial score (nSPS) is 28.5. The van der Waals surface area contributed by atoms with Crippen molar-refractivity contribution in [3.63, 3.8) is 0 Å². The van der Waals surface area contributed by atoms with Gasteiger partial charge in [-0.2, -0.15) is 0 Å². The van der Waals surface area contributed by atoms with Crippen molar-refractivity contribution in [1.82, 2.24) is 4.90 Å². The maximum Gasteiger partial charge on any atom is 0.252 e. The van der Waals surface area contributed by atoms with Crippen LogP contribution in [0.2, 0.25) is 0 Å². The van der Waals surface area contributed by atoms with E-state index in [0.29, 0.717) is 13.0 Å². The third-order valence-electron chi connectivity index (χ3n) is 3.02. The Morgan fingerprint density at radius 3 is 2.76 bits per heavy atom. The molecule has 0 aromatic carbocycles. The summed E-state index contributed by atoms with van der Waals surface area (Å²) in [5.41, 5.74) is 1.76. The zero-order chi connectivity index (χ0) is 12.8. The maximum absolute atomic E-state index is 11.5. The van der Waals surface area contributed by atoms with Crippen molar-refractivity contribution >= 4 is 41.6 Å². The average molecular weight is 341 g/mol. The molecule has 0 aromatic rings. The zero-order valence-electron chi connectivity index (χ0n) is 9.11. The average Bonchev–Trinajstić information content (AvgIpc) is 2.58. The molecule has 17 heavy (non-hydrogen) atoms. The lowest BCUT2D eigenvalue weighted by Crippen LogP contribution is -2.30. The van der Waals surface area contributed by atoms with E-state index < -0.39 is 12.7 Å². The number of carbonyl (C=O) groups excluding carboxylic acids is 1. The Labute approximate surface area is 113 Å². The van der Waals surface area contributed by atoms with Crippen LogP contribution in [0.25, 0.3) is 0 Å². The number of alkyl halides is 1. The molecule has 0 saturated carbocycles. The smallest absolute Gasteiger partial charge is 0.252 e. The van der Waals surface area contributed by atoms with E-state index in [1.165, 1.54) is 13.0 Å². The van der Waals surface area contributed by atoms with Crippen LogP contribution >= 0.6 is 26.6 Å². The topological polar surface area (TPSA) is 54.5 Å². The fourth-order valence-electron chi connectivity index (χ4n) is 2.12. The van der Waals surface area contributed by atoms with Gasteiger partial charge in [0.2, 0.25) is 5.91 Å². The van der Waals surface area contributed by atoms with Gasteiger partial charge in [-0.25, -0.2) is 8.42 Å². The van der Waals surface area contributed by atoms with Gasteiger partial charge in [0, 0.05) is 36.3 Å². The summed E-state index contributed by atoms with van der Waals surface area (Å²) in [6.07, 6.45) is 4.13. The van der Waals surface area contributed by atoms with Crippen LogP contribution in [-0.4, -0.2) is 29.4 Å². The van der Waals surface area contributed by atoms with Gasteiger partial charge >= 0.3 is 0 Å². The first kappa shape index (κ1) is 13.1. The lowest BCUT2D eigenvalue weighted by Gasteiger charge is -2.26. The van der Waals surface area contributed by atoms with E-state index in [0.717, 1.165) is 11.3 Å². The standard InChI is InChI=1S/C10H11BrClNO3S/c1-7(14)13-5-3-8-6-10(11,17(12,15)16)4-2-9(8)13/h2,4H,3,5-6H2,1H3. The van der Waals surface area contributed by atoms with E-state index in [1.807, 2.05) is 0 Å². The van der Waals surface area contributed by atoms with Crippen LogP contribution in [0.5, 0.6) is 0 Å². The molecule has 2 rings (SSSR count). The fourth-order valence-corrected chi connectivity index (χ4v) is 3.49. The highest BCUT2D eigenvalue weighted by Gasteiger charge is 2.43. The van der Waals surface area contributed by atoms with Gasteiger partial charge in [0.05, 0.1) is 0 Å². The molecule has 0 radical (unpaired) electrons. The summed E-state index contributed by atoms with van der Waals surface area (Å²) in [4.78, 5) is 13.0. The van der Waals surface area contributed by atoms with Gasteiger partial charge in [0.1, 0.15) is 0 Å². The van der Waals surface area contributed by atoms with Crippen molar-refractivity contribution in [2.45, 2.75) is 23.4 Å². The Hall–Kier alpha value is -0.330. The fraction of sp³-hybridized carbons (Fsp3) is 0.500. The molecule has 0 spiro atoms. The summed E-state index contributed by atoms with van der Waals surface area (Å²) in [7, 11) is 1.68. The second-order valence-electron chi connectivity index (χ2n) is 4.14. The number of nitrogens with zero attached hydrogens (tertiary/aromatic N) is 1. The molecule has 1 aliphatic heterocycles. The first-order valence-electron chi connectivity index (χ1n) is 5.07. The third kappa shape index (κ3) is 2.18. The predicted octanol–water partition coefficient (Wildman–Crippen LogP) is 2.11. The quantitative estimate of drug-likeness (QED) is 0.543. The number of amides is 1. The largest absolute Gasteiger partial charge is 0.312 e. The van der Waals surface area contributed by atoms with Crippen LogP contribution in [0.1, 0.15) is 19.8 Å². The van der Waals surface area contributed by atoms with Crippen molar-refractivity contribution in [1.29, 1.82) is 0 Å². The molecule has 7 heteroatoms. The number of allylic oxidation sites excluding steroid dienone is 1. The zero-order valence-corrected chi connectivity index (χ0v) is 12.3. The Morgan fingerprint density at radius 1 is 1.59 bits per heavy atom. The van der Waals surface area contributed by atoms with Crippen LogP contribution in [-0.2, 0) is 13.8 Å². The Kier molecular flexibility index (Phi) is 3.16. The molecule has 0 fully saturated rings. The molecule has 1 amide bonds. The van der Waals surface area contributed by atoms with Gasteiger partial charge in [-0.1, -0.05) is 15.9 Å². The molecule has 1 atom stereocenters. The molecular formula is C10H11BrClNO3S. The summed E-state index contributed by atoms with van der Waals surface area (Å²) >= 11 is 3.17. The van der Waals surface area contributed by atoms with Gasteiger partial charge in [-0.15, -0.1) is 0 Å². The summed E-state index contributed by atoms with van der Waals surface area (Å²) < 4.78 is 21.7. The molecular weight excluding hydrogens is 330 g/mol. The molecule has 2 aliphatic rings. The van der Waals surface area contributed by atoms with Crippen LogP contribution in [0.3, 0.4) is 0 Å². The molecule has 0 N–H and O–H groups in total.